The Bertz CT molecular complexity index is 1050. The Morgan fingerprint density at radius 2 is 1.69 bits per heavy atom. The lowest BCUT2D eigenvalue weighted by molar-refractivity contribution is 0.0729. The molecule has 0 fully saturated rings. The molecule has 0 saturated heterocycles. The molecule has 0 saturated carbocycles. The molecular weight excluding hydrogens is 392 g/mol. The van der Waals surface area contributed by atoms with Crippen molar-refractivity contribution in [2.45, 2.75) is 0 Å². The Hall–Kier alpha value is -3.64. The second-order valence-electron chi connectivity index (χ2n) is 5.88. The minimum absolute atomic E-state index is 0.242. The molecule has 3 aromatic carbocycles. The Balaban J connectivity index is 1.71. The number of hydrazone groups is 1. The molecule has 146 valence electrons. The lowest BCUT2D eigenvalue weighted by Crippen LogP contribution is -2.17. The first-order valence-corrected chi connectivity index (χ1v) is 8.99. The van der Waals surface area contributed by atoms with Gasteiger partial charge in [0.05, 0.1) is 18.9 Å². The Labute approximate surface area is 172 Å². The van der Waals surface area contributed by atoms with Gasteiger partial charge in [0.15, 0.2) is 11.5 Å². The summed E-state index contributed by atoms with van der Waals surface area (Å²) >= 11 is 5.88. The van der Waals surface area contributed by atoms with Gasteiger partial charge < -0.3 is 9.47 Å². The maximum Gasteiger partial charge on any atom is 0.343 e. The van der Waals surface area contributed by atoms with Crippen molar-refractivity contribution in [3.05, 3.63) is 94.5 Å². The molecular formula is C22H17ClN2O4. The van der Waals surface area contributed by atoms with Crippen LogP contribution in [0.15, 0.2) is 77.9 Å². The third kappa shape index (κ3) is 5.43. The molecule has 0 atom stereocenters. The lowest BCUT2D eigenvalue weighted by Gasteiger charge is -2.10. The second-order valence-corrected chi connectivity index (χ2v) is 6.31. The molecule has 0 spiro atoms. The molecule has 1 amide bonds. The first-order valence-electron chi connectivity index (χ1n) is 8.61. The largest absolute Gasteiger partial charge is 0.493 e. The van der Waals surface area contributed by atoms with E-state index in [0.717, 1.165) is 0 Å². The fourth-order valence-electron chi connectivity index (χ4n) is 2.45. The topological polar surface area (TPSA) is 77.0 Å². The van der Waals surface area contributed by atoms with E-state index < -0.39 is 11.9 Å². The van der Waals surface area contributed by atoms with Gasteiger partial charge in [-0.2, -0.15) is 5.10 Å². The number of carbonyl (C=O) groups excluding carboxylic acids is 2. The van der Waals surface area contributed by atoms with Crippen LogP contribution in [0.5, 0.6) is 11.5 Å². The van der Waals surface area contributed by atoms with Gasteiger partial charge in [-0.05, 0) is 54.1 Å². The van der Waals surface area contributed by atoms with Gasteiger partial charge in [-0.3, -0.25) is 4.79 Å². The van der Waals surface area contributed by atoms with Gasteiger partial charge in [-0.15, -0.1) is 0 Å². The van der Waals surface area contributed by atoms with E-state index in [1.54, 1.807) is 66.7 Å². The van der Waals surface area contributed by atoms with E-state index in [1.165, 1.54) is 13.3 Å². The fraction of sp³-hybridized carbons (Fsp3) is 0.0455. The quantitative estimate of drug-likeness (QED) is 0.285. The van der Waals surface area contributed by atoms with Crippen LogP contribution < -0.4 is 14.9 Å². The normalized spacial score (nSPS) is 10.6. The fourth-order valence-corrected chi connectivity index (χ4v) is 2.64. The number of hydrogen-bond donors (Lipinski definition) is 1. The molecule has 7 heteroatoms. The third-order valence-electron chi connectivity index (χ3n) is 3.87. The molecule has 0 aliphatic rings. The summed E-state index contributed by atoms with van der Waals surface area (Å²) in [5.74, 6) is -0.263. The van der Waals surface area contributed by atoms with Gasteiger partial charge >= 0.3 is 5.97 Å². The number of amides is 1. The van der Waals surface area contributed by atoms with Crippen molar-refractivity contribution >= 4 is 29.7 Å². The highest BCUT2D eigenvalue weighted by atomic mass is 35.5. The predicted molar refractivity (Wildman–Crippen MR) is 111 cm³/mol. The molecule has 3 rings (SSSR count). The monoisotopic (exact) mass is 408 g/mol. The van der Waals surface area contributed by atoms with Crippen LogP contribution >= 0.6 is 11.6 Å². The second kappa shape index (κ2) is 9.52. The SMILES string of the molecule is COc1ccc(C=NNC(=O)c2cccc(Cl)c2)cc1OC(=O)c1ccccc1. The van der Waals surface area contributed by atoms with Crippen LogP contribution in [0.1, 0.15) is 26.3 Å². The van der Waals surface area contributed by atoms with Crippen molar-refractivity contribution in [3.8, 4) is 11.5 Å². The molecule has 0 unspecified atom stereocenters. The number of halogens is 1. The zero-order chi connectivity index (χ0) is 20.6. The highest BCUT2D eigenvalue weighted by Crippen LogP contribution is 2.28. The van der Waals surface area contributed by atoms with E-state index in [9.17, 15) is 9.59 Å². The first-order chi connectivity index (χ1) is 14.1. The summed E-state index contributed by atoms with van der Waals surface area (Å²) in [6.07, 6.45) is 1.43. The van der Waals surface area contributed by atoms with E-state index in [2.05, 4.69) is 10.5 Å². The highest BCUT2D eigenvalue weighted by Gasteiger charge is 2.12. The molecule has 3 aromatic rings. The summed E-state index contributed by atoms with van der Waals surface area (Å²) < 4.78 is 10.7. The van der Waals surface area contributed by atoms with E-state index in [4.69, 9.17) is 21.1 Å². The molecule has 0 bridgehead atoms. The zero-order valence-electron chi connectivity index (χ0n) is 15.5. The van der Waals surface area contributed by atoms with Gasteiger partial charge in [0.25, 0.3) is 5.91 Å². The van der Waals surface area contributed by atoms with E-state index >= 15 is 0 Å². The number of nitrogens with one attached hydrogen (secondary N) is 1. The first kappa shape index (κ1) is 20.1. The van der Waals surface area contributed by atoms with E-state index in [-0.39, 0.29) is 5.75 Å². The molecule has 0 heterocycles. The summed E-state index contributed by atoms with van der Waals surface area (Å²) in [5, 5.41) is 4.39. The molecule has 29 heavy (non-hydrogen) atoms. The number of benzene rings is 3. The van der Waals surface area contributed by atoms with Crippen molar-refractivity contribution < 1.29 is 19.1 Å². The van der Waals surface area contributed by atoms with E-state index in [1.807, 2.05) is 6.07 Å². The Morgan fingerprint density at radius 3 is 2.41 bits per heavy atom. The smallest absolute Gasteiger partial charge is 0.343 e. The maximum absolute atomic E-state index is 12.3. The average Bonchev–Trinajstić information content (AvgIpc) is 2.74. The molecule has 1 N–H and O–H groups in total. The van der Waals surface area contributed by atoms with Crippen molar-refractivity contribution in [3.63, 3.8) is 0 Å². The number of hydrogen-bond acceptors (Lipinski definition) is 5. The zero-order valence-corrected chi connectivity index (χ0v) is 16.2. The minimum atomic E-state index is -0.507. The van der Waals surface area contributed by atoms with Gasteiger partial charge in [-0.25, -0.2) is 10.2 Å². The number of carbonyl (C=O) groups is 2. The van der Waals surface area contributed by atoms with E-state index in [0.29, 0.717) is 27.5 Å². The number of methoxy groups -OCH3 is 1. The summed E-state index contributed by atoms with van der Waals surface area (Å²) in [6.45, 7) is 0. The molecule has 6 nitrogen and oxygen atoms in total. The van der Waals surface area contributed by atoms with Crippen LogP contribution in [0.3, 0.4) is 0 Å². The Kier molecular flexibility index (Phi) is 6.60. The van der Waals surface area contributed by atoms with Crippen LogP contribution in [-0.2, 0) is 0 Å². The summed E-state index contributed by atoms with van der Waals surface area (Å²) in [5.41, 5.74) is 3.84. The van der Waals surface area contributed by atoms with Crippen LogP contribution in [0.4, 0.5) is 0 Å². The van der Waals surface area contributed by atoms with Crippen molar-refractivity contribution in [1.29, 1.82) is 0 Å². The van der Waals surface area contributed by atoms with Gasteiger partial charge in [0.1, 0.15) is 0 Å². The van der Waals surface area contributed by atoms with Crippen molar-refractivity contribution in [2.75, 3.05) is 7.11 Å². The highest BCUT2D eigenvalue weighted by molar-refractivity contribution is 6.30. The van der Waals surface area contributed by atoms with Gasteiger partial charge in [0, 0.05) is 10.6 Å². The van der Waals surface area contributed by atoms with Crippen LogP contribution in [0.2, 0.25) is 5.02 Å². The number of esters is 1. The average molecular weight is 409 g/mol. The predicted octanol–water partition coefficient (Wildman–Crippen LogP) is 4.33. The summed E-state index contributed by atoms with van der Waals surface area (Å²) in [7, 11) is 1.48. The number of nitrogens with zero attached hydrogens (tertiary/aromatic N) is 1. The Morgan fingerprint density at radius 1 is 0.931 bits per heavy atom. The molecule has 0 aliphatic carbocycles. The lowest BCUT2D eigenvalue weighted by atomic mass is 10.2. The standard InChI is InChI=1S/C22H17ClN2O4/c1-28-19-11-10-15(12-20(19)29-22(27)16-6-3-2-4-7-16)14-24-25-21(26)17-8-5-9-18(23)13-17/h2-14H,1H3,(H,25,26). The van der Waals surface area contributed by atoms with Gasteiger partial charge in [0.2, 0.25) is 0 Å². The molecule has 0 radical (unpaired) electrons. The molecule has 0 aromatic heterocycles. The van der Waals surface area contributed by atoms with Crippen molar-refractivity contribution in [1.82, 2.24) is 5.43 Å². The minimum Gasteiger partial charge on any atom is -0.493 e. The number of ether oxygens (including phenoxy) is 2. The van der Waals surface area contributed by atoms with Crippen LogP contribution in [0, 0.1) is 0 Å². The van der Waals surface area contributed by atoms with Gasteiger partial charge in [-0.1, -0.05) is 35.9 Å². The molecule has 0 aliphatic heterocycles. The third-order valence-corrected chi connectivity index (χ3v) is 4.10. The van der Waals surface area contributed by atoms with Crippen LogP contribution in [-0.4, -0.2) is 25.2 Å². The number of rotatable bonds is 6. The summed E-state index contributed by atoms with van der Waals surface area (Å²) in [4.78, 5) is 24.4. The van der Waals surface area contributed by atoms with Crippen molar-refractivity contribution in [2.24, 2.45) is 5.10 Å². The maximum atomic E-state index is 12.3. The summed E-state index contributed by atoms with van der Waals surface area (Å²) in [6, 6.07) is 20.1. The van der Waals surface area contributed by atoms with Crippen LogP contribution in [0.25, 0.3) is 0 Å².